The van der Waals surface area contributed by atoms with E-state index in [2.05, 4.69) is 0 Å². The number of benzene rings is 2. The Bertz CT molecular complexity index is 654. The smallest absolute Gasteiger partial charge is 0.194 e. The standard InChI is InChI=1S/C13H9ClF2N2O/c14-10-5-12(16)11(15)4-9(10)13(19)6-1-7(17)3-8(18)2-6/h1-5H,17-18H2. The van der Waals surface area contributed by atoms with E-state index in [1.54, 1.807) is 0 Å². The molecule has 0 atom stereocenters. The van der Waals surface area contributed by atoms with E-state index in [0.29, 0.717) is 11.4 Å². The van der Waals surface area contributed by atoms with E-state index in [4.69, 9.17) is 23.1 Å². The van der Waals surface area contributed by atoms with E-state index < -0.39 is 17.4 Å². The van der Waals surface area contributed by atoms with Crippen molar-refractivity contribution in [1.82, 2.24) is 0 Å². The molecule has 2 rings (SSSR count). The minimum absolute atomic E-state index is 0.148. The van der Waals surface area contributed by atoms with Gasteiger partial charge in [0.1, 0.15) is 0 Å². The third-order valence-electron chi connectivity index (χ3n) is 2.49. The van der Waals surface area contributed by atoms with Gasteiger partial charge in [0, 0.05) is 22.5 Å². The van der Waals surface area contributed by atoms with Crippen LogP contribution in [0.15, 0.2) is 30.3 Å². The molecule has 0 fully saturated rings. The molecule has 98 valence electrons. The van der Waals surface area contributed by atoms with Crippen LogP contribution in [0.2, 0.25) is 5.02 Å². The van der Waals surface area contributed by atoms with Crippen molar-refractivity contribution in [2.45, 2.75) is 0 Å². The minimum atomic E-state index is -1.15. The average Bonchev–Trinajstić information content (AvgIpc) is 2.31. The molecule has 0 unspecified atom stereocenters. The van der Waals surface area contributed by atoms with Gasteiger partial charge < -0.3 is 11.5 Å². The molecule has 0 aliphatic carbocycles. The highest BCUT2D eigenvalue weighted by molar-refractivity contribution is 6.35. The zero-order chi connectivity index (χ0) is 14.2. The van der Waals surface area contributed by atoms with Gasteiger partial charge in [-0.15, -0.1) is 0 Å². The van der Waals surface area contributed by atoms with Crippen molar-refractivity contribution in [3.8, 4) is 0 Å². The molecule has 4 N–H and O–H groups in total. The van der Waals surface area contributed by atoms with Crippen LogP contribution in [0.4, 0.5) is 20.2 Å². The van der Waals surface area contributed by atoms with Crippen molar-refractivity contribution in [2.75, 3.05) is 11.5 Å². The molecular weight excluding hydrogens is 274 g/mol. The molecule has 6 heteroatoms. The number of hydrogen-bond acceptors (Lipinski definition) is 3. The summed E-state index contributed by atoms with van der Waals surface area (Å²) in [5.41, 5.74) is 11.7. The maximum absolute atomic E-state index is 13.2. The summed E-state index contributed by atoms with van der Waals surface area (Å²) in [6.45, 7) is 0. The highest BCUT2D eigenvalue weighted by Crippen LogP contribution is 2.24. The van der Waals surface area contributed by atoms with Crippen LogP contribution >= 0.6 is 11.6 Å². The zero-order valence-corrected chi connectivity index (χ0v) is 10.3. The van der Waals surface area contributed by atoms with Crippen molar-refractivity contribution in [3.63, 3.8) is 0 Å². The second kappa shape index (κ2) is 4.85. The minimum Gasteiger partial charge on any atom is -0.399 e. The Balaban J connectivity index is 2.53. The molecule has 0 radical (unpaired) electrons. The number of nitrogens with two attached hydrogens (primary N) is 2. The van der Waals surface area contributed by atoms with Gasteiger partial charge in [0.15, 0.2) is 17.4 Å². The van der Waals surface area contributed by atoms with Crippen molar-refractivity contribution in [3.05, 3.63) is 58.1 Å². The lowest BCUT2D eigenvalue weighted by Crippen LogP contribution is -2.05. The van der Waals surface area contributed by atoms with Crippen LogP contribution in [0, 0.1) is 11.6 Å². The largest absolute Gasteiger partial charge is 0.399 e. The Labute approximate surface area is 112 Å². The Kier molecular flexibility index (Phi) is 3.40. The normalized spacial score (nSPS) is 10.5. The van der Waals surface area contributed by atoms with Crippen LogP contribution < -0.4 is 11.5 Å². The second-order valence-electron chi connectivity index (χ2n) is 3.96. The lowest BCUT2D eigenvalue weighted by atomic mass is 10.0. The third-order valence-corrected chi connectivity index (χ3v) is 2.81. The first-order chi connectivity index (χ1) is 8.88. The molecule has 2 aromatic carbocycles. The number of carbonyl (C=O) groups excluding carboxylic acids is 1. The molecule has 0 aliphatic heterocycles. The summed E-state index contributed by atoms with van der Waals surface area (Å²) < 4.78 is 26.1. The molecule has 19 heavy (non-hydrogen) atoms. The maximum atomic E-state index is 13.2. The predicted molar refractivity (Wildman–Crippen MR) is 70.1 cm³/mol. The lowest BCUT2D eigenvalue weighted by molar-refractivity contribution is 0.103. The number of hydrogen-bond donors (Lipinski definition) is 2. The summed E-state index contributed by atoms with van der Waals surface area (Å²) in [4.78, 5) is 12.2. The van der Waals surface area contributed by atoms with E-state index in [-0.39, 0.29) is 16.1 Å². The fraction of sp³-hybridized carbons (Fsp3) is 0. The quantitative estimate of drug-likeness (QED) is 0.505. The molecular formula is C13H9ClF2N2O. The molecule has 0 saturated carbocycles. The summed E-state index contributed by atoms with van der Waals surface area (Å²) in [6.07, 6.45) is 0. The first kappa shape index (κ1) is 13.3. The Morgan fingerprint density at radius 2 is 1.47 bits per heavy atom. The molecule has 0 aliphatic rings. The van der Waals surface area contributed by atoms with Crippen molar-refractivity contribution >= 4 is 28.8 Å². The number of halogens is 3. The van der Waals surface area contributed by atoms with Crippen LogP contribution in [0.25, 0.3) is 0 Å². The first-order valence-corrected chi connectivity index (χ1v) is 5.61. The topological polar surface area (TPSA) is 69.1 Å². The highest BCUT2D eigenvalue weighted by Gasteiger charge is 2.17. The monoisotopic (exact) mass is 282 g/mol. The van der Waals surface area contributed by atoms with Crippen LogP contribution in [0.3, 0.4) is 0 Å². The summed E-state index contributed by atoms with van der Waals surface area (Å²) in [5.74, 6) is -2.85. The van der Waals surface area contributed by atoms with E-state index in [9.17, 15) is 13.6 Å². The van der Waals surface area contributed by atoms with Crippen LogP contribution in [0.1, 0.15) is 15.9 Å². The lowest BCUT2D eigenvalue weighted by Gasteiger charge is -2.06. The molecule has 3 nitrogen and oxygen atoms in total. The SMILES string of the molecule is Nc1cc(N)cc(C(=O)c2cc(F)c(F)cc2Cl)c1. The van der Waals surface area contributed by atoms with E-state index in [1.807, 2.05) is 0 Å². The summed E-state index contributed by atoms with van der Waals surface area (Å²) in [6, 6.07) is 5.75. The fourth-order valence-corrected chi connectivity index (χ4v) is 1.90. The van der Waals surface area contributed by atoms with Crippen molar-refractivity contribution < 1.29 is 13.6 Å². The van der Waals surface area contributed by atoms with Crippen LogP contribution in [-0.4, -0.2) is 5.78 Å². The van der Waals surface area contributed by atoms with Gasteiger partial charge >= 0.3 is 0 Å². The average molecular weight is 283 g/mol. The Hall–Kier alpha value is -2.14. The van der Waals surface area contributed by atoms with E-state index >= 15 is 0 Å². The van der Waals surface area contributed by atoms with Gasteiger partial charge in [0.2, 0.25) is 0 Å². The molecule has 0 heterocycles. The number of anilines is 2. The number of rotatable bonds is 2. The Morgan fingerprint density at radius 3 is 2.05 bits per heavy atom. The zero-order valence-electron chi connectivity index (χ0n) is 9.58. The second-order valence-corrected chi connectivity index (χ2v) is 4.37. The summed E-state index contributed by atoms with van der Waals surface area (Å²) in [5, 5.41) is -0.176. The molecule has 0 saturated heterocycles. The van der Waals surface area contributed by atoms with Gasteiger partial charge in [-0.1, -0.05) is 11.6 Å². The highest BCUT2D eigenvalue weighted by atomic mass is 35.5. The number of ketones is 1. The van der Waals surface area contributed by atoms with Crippen molar-refractivity contribution in [2.24, 2.45) is 0 Å². The fourth-order valence-electron chi connectivity index (χ4n) is 1.66. The van der Waals surface area contributed by atoms with Gasteiger partial charge in [-0.3, -0.25) is 4.79 Å². The van der Waals surface area contributed by atoms with Gasteiger partial charge in [-0.25, -0.2) is 8.78 Å². The van der Waals surface area contributed by atoms with E-state index in [1.165, 1.54) is 18.2 Å². The number of carbonyl (C=O) groups is 1. The van der Waals surface area contributed by atoms with Gasteiger partial charge in [-0.2, -0.15) is 0 Å². The summed E-state index contributed by atoms with van der Waals surface area (Å²) in [7, 11) is 0. The van der Waals surface area contributed by atoms with Crippen molar-refractivity contribution in [1.29, 1.82) is 0 Å². The maximum Gasteiger partial charge on any atom is 0.194 e. The molecule has 0 spiro atoms. The summed E-state index contributed by atoms with van der Waals surface area (Å²) >= 11 is 5.74. The van der Waals surface area contributed by atoms with Gasteiger partial charge in [-0.05, 0) is 30.3 Å². The Morgan fingerprint density at radius 1 is 0.947 bits per heavy atom. The predicted octanol–water partition coefficient (Wildman–Crippen LogP) is 3.01. The molecule has 0 aromatic heterocycles. The molecule has 2 aromatic rings. The van der Waals surface area contributed by atoms with Gasteiger partial charge in [0.05, 0.1) is 5.02 Å². The molecule has 0 bridgehead atoms. The third kappa shape index (κ3) is 2.66. The van der Waals surface area contributed by atoms with E-state index in [0.717, 1.165) is 12.1 Å². The molecule has 0 amide bonds. The van der Waals surface area contributed by atoms with Crippen LogP contribution in [-0.2, 0) is 0 Å². The first-order valence-electron chi connectivity index (χ1n) is 5.24. The van der Waals surface area contributed by atoms with Crippen LogP contribution in [0.5, 0.6) is 0 Å². The number of nitrogen functional groups attached to an aromatic ring is 2. The van der Waals surface area contributed by atoms with Gasteiger partial charge in [0.25, 0.3) is 0 Å².